The van der Waals surface area contributed by atoms with Crippen LogP contribution in [0.5, 0.6) is 0 Å². The van der Waals surface area contributed by atoms with Crippen LogP contribution in [0.4, 0.5) is 16.5 Å². The van der Waals surface area contributed by atoms with Gasteiger partial charge < -0.3 is 4.42 Å². The van der Waals surface area contributed by atoms with Gasteiger partial charge in [-0.15, -0.1) is 11.3 Å². The first-order chi connectivity index (χ1) is 16.5. The van der Waals surface area contributed by atoms with E-state index in [1.807, 2.05) is 35.7 Å². The highest BCUT2D eigenvalue weighted by Crippen LogP contribution is 2.38. The molecule has 2 aromatic carbocycles. The molecule has 168 valence electrons. The van der Waals surface area contributed by atoms with Gasteiger partial charge in [0, 0.05) is 23.7 Å². The van der Waals surface area contributed by atoms with Gasteiger partial charge in [-0.05, 0) is 54.6 Å². The van der Waals surface area contributed by atoms with Crippen molar-refractivity contribution in [1.29, 1.82) is 0 Å². The molecule has 0 saturated carbocycles. The van der Waals surface area contributed by atoms with Crippen LogP contribution in [-0.2, 0) is 4.79 Å². The van der Waals surface area contributed by atoms with E-state index in [-0.39, 0.29) is 11.6 Å². The van der Waals surface area contributed by atoms with Gasteiger partial charge in [0.15, 0.2) is 5.17 Å². The molecule has 0 radical (unpaired) electrons. The molecule has 10 heteroatoms. The lowest BCUT2D eigenvalue weighted by molar-refractivity contribution is -0.384. The summed E-state index contributed by atoms with van der Waals surface area (Å²) in [6, 6.07) is 17.5. The molecule has 0 atom stereocenters. The third-order valence-corrected chi connectivity index (χ3v) is 6.58. The Hall–Kier alpha value is -4.02. The van der Waals surface area contributed by atoms with Gasteiger partial charge in [0.2, 0.25) is 5.13 Å². The van der Waals surface area contributed by atoms with Gasteiger partial charge in [0.1, 0.15) is 11.5 Å². The van der Waals surface area contributed by atoms with E-state index >= 15 is 0 Å². The lowest BCUT2D eigenvalue weighted by Gasteiger charge is -2.14. The van der Waals surface area contributed by atoms with E-state index in [9.17, 15) is 14.9 Å². The van der Waals surface area contributed by atoms with Crippen LogP contribution in [0.2, 0.25) is 0 Å². The summed E-state index contributed by atoms with van der Waals surface area (Å²) in [7, 11) is 0. The minimum atomic E-state index is -0.432. The minimum Gasteiger partial charge on any atom is -0.456 e. The number of para-hydroxylation sites is 1. The molecular weight excluding hydrogens is 472 g/mol. The number of thioether (sulfide) groups is 1. The number of carbonyl (C=O) groups is 1. The fourth-order valence-electron chi connectivity index (χ4n) is 3.41. The van der Waals surface area contributed by atoms with E-state index in [2.05, 4.69) is 9.98 Å². The molecule has 1 fully saturated rings. The van der Waals surface area contributed by atoms with Crippen LogP contribution in [0.1, 0.15) is 11.3 Å². The van der Waals surface area contributed by atoms with Crippen LogP contribution >= 0.6 is 23.1 Å². The highest BCUT2D eigenvalue weighted by Gasteiger charge is 2.35. The quantitative estimate of drug-likeness (QED) is 0.182. The summed E-state index contributed by atoms with van der Waals surface area (Å²) >= 11 is 2.59. The molecule has 8 nitrogen and oxygen atoms in total. The molecule has 0 N–H and O–H groups in total. The maximum absolute atomic E-state index is 13.3. The zero-order valence-corrected chi connectivity index (χ0v) is 19.4. The average Bonchev–Trinajstić information content (AvgIpc) is 3.57. The fraction of sp³-hybridized carbons (Fsp3) is 0.0417. The predicted molar refractivity (Wildman–Crippen MR) is 134 cm³/mol. The number of carbonyl (C=O) groups excluding carboxylic acids is 1. The van der Waals surface area contributed by atoms with Gasteiger partial charge in [0.05, 0.1) is 21.1 Å². The van der Waals surface area contributed by atoms with Gasteiger partial charge in [-0.2, -0.15) is 4.99 Å². The zero-order valence-electron chi connectivity index (χ0n) is 17.7. The Morgan fingerprint density at radius 2 is 1.97 bits per heavy atom. The Balaban J connectivity index is 1.51. The van der Waals surface area contributed by atoms with Crippen molar-refractivity contribution in [2.75, 3.05) is 4.90 Å². The molecule has 0 bridgehead atoms. The second kappa shape index (κ2) is 9.08. The number of hydrogen-bond donors (Lipinski definition) is 0. The Morgan fingerprint density at radius 3 is 2.71 bits per heavy atom. The van der Waals surface area contributed by atoms with E-state index in [0.29, 0.717) is 38.0 Å². The number of benzene rings is 2. The molecule has 0 spiro atoms. The monoisotopic (exact) mass is 488 g/mol. The number of amides is 1. The molecule has 34 heavy (non-hydrogen) atoms. The number of aromatic nitrogens is 1. The Labute approximate surface area is 202 Å². The lowest BCUT2D eigenvalue weighted by Crippen LogP contribution is -2.28. The zero-order chi connectivity index (χ0) is 23.7. The predicted octanol–water partition coefficient (Wildman–Crippen LogP) is 6.43. The van der Waals surface area contributed by atoms with Crippen molar-refractivity contribution < 1.29 is 14.1 Å². The van der Waals surface area contributed by atoms with Crippen LogP contribution in [-0.4, -0.2) is 21.0 Å². The minimum absolute atomic E-state index is 0.0343. The van der Waals surface area contributed by atoms with E-state index < -0.39 is 4.92 Å². The second-order valence-electron chi connectivity index (χ2n) is 7.28. The van der Waals surface area contributed by atoms with Gasteiger partial charge in [-0.25, -0.2) is 4.98 Å². The summed E-state index contributed by atoms with van der Waals surface area (Å²) in [6.45, 7) is 1.79. The summed E-state index contributed by atoms with van der Waals surface area (Å²) in [4.78, 5) is 35.1. The smallest absolute Gasteiger partial charge is 0.280 e. The number of aryl methyl sites for hydroxylation is 1. The second-order valence-corrected chi connectivity index (χ2v) is 9.16. The highest BCUT2D eigenvalue weighted by molar-refractivity contribution is 8.19. The van der Waals surface area contributed by atoms with E-state index in [4.69, 9.17) is 4.42 Å². The van der Waals surface area contributed by atoms with Crippen molar-refractivity contribution in [2.24, 2.45) is 4.99 Å². The SMILES string of the molecule is Cc1ccc(-c2ccc(/C=C3/S/C(=N/c4nccs4)N(c4ccccc4)C3=O)o2)c([N+](=O)[O-])c1. The number of nitrogens with zero attached hydrogens (tertiary/aromatic N) is 4. The van der Waals surface area contributed by atoms with Crippen molar-refractivity contribution in [2.45, 2.75) is 6.92 Å². The van der Waals surface area contributed by atoms with Crippen LogP contribution in [0.25, 0.3) is 17.4 Å². The first-order valence-corrected chi connectivity index (χ1v) is 11.8. The topological polar surface area (TPSA) is 102 Å². The number of amidine groups is 1. The molecule has 1 amide bonds. The largest absolute Gasteiger partial charge is 0.456 e. The molecule has 1 aliphatic rings. The van der Waals surface area contributed by atoms with Crippen molar-refractivity contribution in [1.82, 2.24) is 4.98 Å². The third kappa shape index (κ3) is 4.28. The number of hydrogen-bond acceptors (Lipinski definition) is 8. The van der Waals surface area contributed by atoms with E-state index in [1.54, 1.807) is 43.5 Å². The summed E-state index contributed by atoms with van der Waals surface area (Å²) in [5, 5.41) is 14.3. The van der Waals surface area contributed by atoms with Gasteiger partial charge >= 0.3 is 0 Å². The third-order valence-electron chi connectivity index (χ3n) is 4.95. The van der Waals surface area contributed by atoms with Crippen molar-refractivity contribution >= 4 is 56.8 Å². The molecule has 2 aromatic heterocycles. The van der Waals surface area contributed by atoms with Crippen LogP contribution < -0.4 is 4.90 Å². The summed E-state index contributed by atoms with van der Waals surface area (Å²) in [5.74, 6) is 0.514. The van der Waals surface area contributed by atoms with Crippen LogP contribution in [0.15, 0.2) is 86.6 Å². The molecule has 5 rings (SSSR count). The number of nitro groups is 1. The molecular formula is C24H16N4O4S2. The summed E-state index contributed by atoms with van der Waals surface area (Å²) in [6.07, 6.45) is 3.28. The van der Waals surface area contributed by atoms with Gasteiger partial charge in [-0.1, -0.05) is 24.3 Å². The highest BCUT2D eigenvalue weighted by atomic mass is 32.2. The number of furan rings is 1. The molecule has 1 aliphatic heterocycles. The number of thiazole rings is 1. The maximum Gasteiger partial charge on any atom is 0.280 e. The number of anilines is 1. The van der Waals surface area contributed by atoms with Crippen LogP contribution in [0, 0.1) is 17.0 Å². The molecule has 4 aromatic rings. The number of rotatable bonds is 5. The standard InChI is InChI=1S/C24H16N4O4S2/c1-15-7-9-18(19(13-15)28(30)31)20-10-8-17(32-20)14-21-22(29)27(16-5-3-2-4-6-16)24(34-21)26-23-25-11-12-33-23/h2-14H,1H3/b21-14+,26-24+. The van der Waals surface area contributed by atoms with Crippen LogP contribution in [0.3, 0.4) is 0 Å². The normalized spacial score (nSPS) is 16.0. The first kappa shape index (κ1) is 21.8. The van der Waals surface area contributed by atoms with Crippen molar-refractivity contribution in [3.05, 3.63) is 98.6 Å². The van der Waals surface area contributed by atoms with E-state index in [1.165, 1.54) is 34.1 Å². The molecule has 1 saturated heterocycles. The van der Waals surface area contributed by atoms with Crippen molar-refractivity contribution in [3.63, 3.8) is 0 Å². The fourth-order valence-corrected chi connectivity index (χ4v) is 4.94. The molecule has 0 unspecified atom stereocenters. The summed E-state index contributed by atoms with van der Waals surface area (Å²) in [5.41, 5.74) is 1.81. The lowest BCUT2D eigenvalue weighted by atomic mass is 10.1. The first-order valence-electron chi connectivity index (χ1n) is 10.1. The number of aliphatic imine (C=N–C) groups is 1. The van der Waals surface area contributed by atoms with Crippen molar-refractivity contribution in [3.8, 4) is 11.3 Å². The van der Waals surface area contributed by atoms with E-state index in [0.717, 1.165) is 5.56 Å². The Bertz CT molecular complexity index is 1440. The Kier molecular flexibility index (Phi) is 5.83. The van der Waals surface area contributed by atoms with Gasteiger partial charge in [-0.3, -0.25) is 19.8 Å². The maximum atomic E-state index is 13.3. The number of nitro benzene ring substituents is 1. The molecule has 0 aliphatic carbocycles. The summed E-state index contributed by atoms with van der Waals surface area (Å²) < 4.78 is 5.88. The Morgan fingerprint density at radius 1 is 1.15 bits per heavy atom. The molecule has 3 heterocycles. The average molecular weight is 489 g/mol. The van der Waals surface area contributed by atoms with Gasteiger partial charge in [0.25, 0.3) is 11.6 Å².